The van der Waals surface area contributed by atoms with Crippen molar-refractivity contribution in [2.75, 3.05) is 6.54 Å². The molecule has 4 nitrogen and oxygen atoms in total. The Morgan fingerprint density at radius 1 is 1.40 bits per heavy atom. The minimum Gasteiger partial charge on any atom is -0.393 e. The van der Waals surface area contributed by atoms with Gasteiger partial charge in [0, 0.05) is 12.5 Å². The van der Waals surface area contributed by atoms with Crippen LogP contribution in [-0.2, 0) is 0 Å². The number of aliphatic hydroxyl groups is 2. The Bertz CT molecular complexity index is 87.8. The zero-order chi connectivity index (χ0) is 8.15. The highest BCUT2D eigenvalue weighted by molar-refractivity contribution is 4.71. The second-order valence-electron chi connectivity index (χ2n) is 2.37. The van der Waals surface area contributed by atoms with Crippen molar-refractivity contribution in [3.63, 3.8) is 0 Å². The minimum atomic E-state index is -1.01. The average molecular weight is 148 g/mol. The van der Waals surface area contributed by atoms with Crippen molar-refractivity contribution >= 4 is 0 Å². The standard InChI is InChI=1S/C6H16N2O2/c1-2-5(9)4(3-7)6(8)10/h4-6,9-10H,2-3,7-8H2,1H3. The zero-order valence-corrected chi connectivity index (χ0v) is 6.20. The van der Waals surface area contributed by atoms with Gasteiger partial charge in [0.25, 0.3) is 0 Å². The zero-order valence-electron chi connectivity index (χ0n) is 6.20. The van der Waals surface area contributed by atoms with Crippen molar-refractivity contribution in [3.8, 4) is 0 Å². The van der Waals surface area contributed by atoms with Crippen molar-refractivity contribution in [1.29, 1.82) is 0 Å². The lowest BCUT2D eigenvalue weighted by molar-refractivity contribution is 0.0187. The summed E-state index contributed by atoms with van der Waals surface area (Å²) in [4.78, 5) is 0. The van der Waals surface area contributed by atoms with E-state index >= 15 is 0 Å². The van der Waals surface area contributed by atoms with E-state index in [1.807, 2.05) is 6.92 Å². The van der Waals surface area contributed by atoms with Gasteiger partial charge in [-0.2, -0.15) is 0 Å². The largest absolute Gasteiger partial charge is 0.393 e. The van der Waals surface area contributed by atoms with Gasteiger partial charge in [-0.1, -0.05) is 6.92 Å². The molecule has 6 N–H and O–H groups in total. The summed E-state index contributed by atoms with van der Waals surface area (Å²) >= 11 is 0. The summed E-state index contributed by atoms with van der Waals surface area (Å²) in [6.07, 6.45) is -1.04. The van der Waals surface area contributed by atoms with E-state index in [0.717, 1.165) is 0 Å². The molecule has 0 spiro atoms. The van der Waals surface area contributed by atoms with Crippen molar-refractivity contribution in [3.05, 3.63) is 0 Å². The van der Waals surface area contributed by atoms with Crippen LogP contribution in [-0.4, -0.2) is 29.1 Å². The van der Waals surface area contributed by atoms with Gasteiger partial charge in [0.2, 0.25) is 0 Å². The van der Waals surface area contributed by atoms with Gasteiger partial charge in [0.15, 0.2) is 0 Å². The van der Waals surface area contributed by atoms with E-state index in [9.17, 15) is 0 Å². The summed E-state index contributed by atoms with van der Waals surface area (Å²) in [5.74, 6) is -0.398. The molecule has 0 saturated heterocycles. The molecule has 0 aromatic rings. The number of rotatable bonds is 4. The maximum absolute atomic E-state index is 9.17. The molecule has 0 aromatic carbocycles. The van der Waals surface area contributed by atoms with E-state index in [4.69, 9.17) is 21.7 Å². The first-order valence-corrected chi connectivity index (χ1v) is 3.45. The van der Waals surface area contributed by atoms with Crippen LogP contribution in [0.25, 0.3) is 0 Å². The molecule has 0 radical (unpaired) electrons. The molecule has 0 heterocycles. The van der Waals surface area contributed by atoms with Gasteiger partial charge >= 0.3 is 0 Å². The van der Waals surface area contributed by atoms with Gasteiger partial charge in [-0.3, -0.25) is 0 Å². The molecular weight excluding hydrogens is 132 g/mol. The lowest BCUT2D eigenvalue weighted by atomic mass is 9.99. The SMILES string of the molecule is CCC(O)C(CN)C(N)O. The fourth-order valence-corrected chi connectivity index (χ4v) is 0.827. The number of hydrogen-bond donors (Lipinski definition) is 4. The summed E-state index contributed by atoms with van der Waals surface area (Å²) in [6, 6.07) is 0. The third-order valence-electron chi connectivity index (χ3n) is 1.62. The molecule has 0 fully saturated rings. The van der Waals surface area contributed by atoms with Gasteiger partial charge in [-0.15, -0.1) is 0 Å². The van der Waals surface area contributed by atoms with Crippen LogP contribution < -0.4 is 11.5 Å². The first-order valence-electron chi connectivity index (χ1n) is 3.45. The summed E-state index contributed by atoms with van der Waals surface area (Å²) in [6.45, 7) is 2.03. The molecule has 0 rings (SSSR count). The second kappa shape index (κ2) is 4.62. The fourth-order valence-electron chi connectivity index (χ4n) is 0.827. The highest BCUT2D eigenvalue weighted by Crippen LogP contribution is 2.07. The lowest BCUT2D eigenvalue weighted by Crippen LogP contribution is -2.42. The maximum Gasteiger partial charge on any atom is 0.108 e. The first kappa shape index (κ1) is 9.84. The monoisotopic (exact) mass is 148 g/mol. The van der Waals surface area contributed by atoms with Crippen LogP contribution in [0.3, 0.4) is 0 Å². The van der Waals surface area contributed by atoms with E-state index in [2.05, 4.69) is 0 Å². The van der Waals surface area contributed by atoms with Crippen LogP contribution in [0, 0.1) is 5.92 Å². The van der Waals surface area contributed by atoms with Crippen LogP contribution >= 0.6 is 0 Å². The molecular formula is C6H16N2O2. The Morgan fingerprint density at radius 3 is 2.00 bits per heavy atom. The highest BCUT2D eigenvalue weighted by atomic mass is 16.3. The highest BCUT2D eigenvalue weighted by Gasteiger charge is 2.20. The van der Waals surface area contributed by atoms with Gasteiger partial charge in [-0.25, -0.2) is 0 Å². The van der Waals surface area contributed by atoms with Crippen LogP contribution in [0.4, 0.5) is 0 Å². The predicted molar refractivity (Wildman–Crippen MR) is 39.0 cm³/mol. The summed E-state index contributed by atoms with van der Waals surface area (Å²) in [7, 11) is 0. The summed E-state index contributed by atoms with van der Waals surface area (Å²) in [5, 5.41) is 18.0. The van der Waals surface area contributed by atoms with Crippen molar-refractivity contribution in [1.82, 2.24) is 0 Å². The Labute approximate surface area is 60.8 Å². The quantitative estimate of drug-likeness (QED) is 0.369. The molecule has 0 saturated carbocycles. The smallest absolute Gasteiger partial charge is 0.108 e. The Kier molecular flexibility index (Phi) is 4.55. The van der Waals surface area contributed by atoms with E-state index in [1.54, 1.807) is 0 Å². The van der Waals surface area contributed by atoms with Gasteiger partial charge in [0.05, 0.1) is 6.10 Å². The van der Waals surface area contributed by atoms with E-state index in [1.165, 1.54) is 0 Å². The topological polar surface area (TPSA) is 92.5 Å². The summed E-state index contributed by atoms with van der Waals surface area (Å²) < 4.78 is 0. The van der Waals surface area contributed by atoms with E-state index in [0.29, 0.717) is 6.42 Å². The second-order valence-corrected chi connectivity index (χ2v) is 2.37. The van der Waals surface area contributed by atoms with Crippen LogP contribution in [0.2, 0.25) is 0 Å². The molecule has 4 heteroatoms. The van der Waals surface area contributed by atoms with Crippen molar-refractivity contribution in [2.24, 2.45) is 17.4 Å². The Hall–Kier alpha value is -0.160. The third-order valence-corrected chi connectivity index (χ3v) is 1.62. The number of nitrogens with two attached hydrogens (primary N) is 2. The normalized spacial score (nSPS) is 20.1. The van der Waals surface area contributed by atoms with Crippen molar-refractivity contribution < 1.29 is 10.2 Å². The molecule has 0 aromatic heterocycles. The van der Waals surface area contributed by atoms with Gasteiger partial charge in [0.1, 0.15) is 6.23 Å². The van der Waals surface area contributed by atoms with Crippen molar-refractivity contribution in [2.45, 2.75) is 25.7 Å². The molecule has 0 aliphatic heterocycles. The maximum atomic E-state index is 9.17. The van der Waals surface area contributed by atoms with Crippen LogP contribution in [0.1, 0.15) is 13.3 Å². The Morgan fingerprint density at radius 2 is 1.90 bits per heavy atom. The minimum absolute atomic E-state index is 0.215. The lowest BCUT2D eigenvalue weighted by Gasteiger charge is -2.22. The Balaban J connectivity index is 3.80. The molecule has 0 bridgehead atoms. The van der Waals surface area contributed by atoms with Crippen LogP contribution in [0.15, 0.2) is 0 Å². The van der Waals surface area contributed by atoms with E-state index < -0.39 is 18.2 Å². The molecule has 0 aliphatic carbocycles. The summed E-state index contributed by atoms with van der Waals surface area (Å²) in [5.41, 5.74) is 10.4. The molecule has 0 amide bonds. The molecule has 10 heavy (non-hydrogen) atoms. The third kappa shape index (κ3) is 2.62. The number of aliphatic hydroxyl groups excluding tert-OH is 2. The molecule has 0 aliphatic rings. The van der Waals surface area contributed by atoms with Gasteiger partial charge in [-0.05, 0) is 6.42 Å². The van der Waals surface area contributed by atoms with Gasteiger partial charge < -0.3 is 21.7 Å². The predicted octanol–water partition coefficient (Wildman–Crippen LogP) is -1.39. The van der Waals surface area contributed by atoms with E-state index in [-0.39, 0.29) is 6.54 Å². The fraction of sp³-hybridized carbons (Fsp3) is 1.00. The average Bonchev–Trinajstić information content (AvgIpc) is 1.88. The first-order chi connectivity index (χ1) is 4.63. The molecule has 3 unspecified atom stereocenters. The van der Waals surface area contributed by atoms with Crippen LogP contribution in [0.5, 0.6) is 0 Å². The molecule has 62 valence electrons. The number of hydrogen-bond acceptors (Lipinski definition) is 4. The molecule has 3 atom stereocenters.